The monoisotopic (exact) mass is 269 g/mol. The minimum atomic E-state index is 0.592. The molecule has 0 aliphatic rings. The maximum Gasteiger partial charge on any atom is 0.0976 e. The van der Waals surface area contributed by atoms with Gasteiger partial charge in [0.25, 0.3) is 0 Å². The van der Waals surface area contributed by atoms with Crippen LogP contribution < -0.4 is 5.73 Å². The Bertz CT molecular complexity index is 638. The summed E-state index contributed by atoms with van der Waals surface area (Å²) >= 11 is 1.70. The Labute approximate surface area is 116 Å². The lowest BCUT2D eigenvalue weighted by atomic mass is 10.1. The first-order chi connectivity index (χ1) is 9.35. The zero-order valence-corrected chi connectivity index (χ0v) is 11.3. The molecule has 0 saturated carbocycles. The number of thiazole rings is 1. The van der Waals surface area contributed by atoms with Gasteiger partial charge in [0.1, 0.15) is 0 Å². The first-order valence-electron chi connectivity index (χ1n) is 6.20. The van der Waals surface area contributed by atoms with Crippen molar-refractivity contribution < 1.29 is 0 Å². The second kappa shape index (κ2) is 5.38. The zero-order valence-electron chi connectivity index (χ0n) is 10.5. The van der Waals surface area contributed by atoms with Gasteiger partial charge in [0.05, 0.1) is 10.7 Å². The van der Waals surface area contributed by atoms with Gasteiger partial charge in [-0.05, 0) is 17.2 Å². The van der Waals surface area contributed by atoms with Crippen LogP contribution in [0.15, 0.2) is 48.1 Å². The summed E-state index contributed by atoms with van der Waals surface area (Å²) in [5.41, 5.74) is 10.2. The number of rotatable bonds is 4. The van der Waals surface area contributed by atoms with Crippen molar-refractivity contribution in [1.29, 1.82) is 0 Å². The molecule has 3 nitrogen and oxygen atoms in total. The first-order valence-corrected chi connectivity index (χ1v) is 7.08. The molecule has 0 spiro atoms. The molecule has 19 heavy (non-hydrogen) atoms. The molecule has 0 amide bonds. The number of nitrogens with zero attached hydrogens (tertiary/aromatic N) is 1. The molecule has 1 aromatic carbocycles. The molecule has 4 heteroatoms. The number of benzene rings is 1. The summed E-state index contributed by atoms with van der Waals surface area (Å²) in [6, 6.07) is 10.4. The van der Waals surface area contributed by atoms with Gasteiger partial charge in [0, 0.05) is 36.3 Å². The maximum absolute atomic E-state index is 5.60. The number of hydrogen-bond donors (Lipinski definition) is 2. The largest absolute Gasteiger partial charge is 0.367 e. The predicted molar refractivity (Wildman–Crippen MR) is 79.0 cm³/mol. The zero-order chi connectivity index (χ0) is 13.1. The molecule has 0 bridgehead atoms. The van der Waals surface area contributed by atoms with Gasteiger partial charge >= 0.3 is 0 Å². The average Bonchev–Trinajstić information content (AvgIpc) is 3.10. The molecule has 2 heterocycles. The Morgan fingerprint density at radius 1 is 1.11 bits per heavy atom. The fraction of sp³-hybridized carbons (Fsp3) is 0.133. The summed E-state index contributed by atoms with van der Waals surface area (Å²) in [4.78, 5) is 7.72. The quantitative estimate of drug-likeness (QED) is 0.764. The van der Waals surface area contributed by atoms with Gasteiger partial charge in [0.2, 0.25) is 0 Å². The molecule has 96 valence electrons. The van der Waals surface area contributed by atoms with Crippen LogP contribution in [0.2, 0.25) is 0 Å². The van der Waals surface area contributed by atoms with E-state index in [0.717, 1.165) is 28.2 Å². The molecule has 3 aromatic rings. The Balaban J connectivity index is 1.76. The standard InChI is InChI=1S/C15H15N3S/c16-8-12-3-1-11(2-4-12)7-15-18-14(10-19-15)13-5-6-17-9-13/h1-6,9-10,17H,7-8,16H2. The molecule has 3 rings (SSSR count). The smallest absolute Gasteiger partial charge is 0.0976 e. The Morgan fingerprint density at radius 3 is 2.58 bits per heavy atom. The van der Waals surface area contributed by atoms with Crippen LogP contribution in [0.5, 0.6) is 0 Å². The Kier molecular flexibility index (Phi) is 3.44. The van der Waals surface area contributed by atoms with Gasteiger partial charge in [-0.1, -0.05) is 24.3 Å². The fourth-order valence-electron chi connectivity index (χ4n) is 1.98. The minimum Gasteiger partial charge on any atom is -0.367 e. The van der Waals surface area contributed by atoms with Crippen molar-refractivity contribution in [3.05, 3.63) is 64.2 Å². The summed E-state index contributed by atoms with van der Waals surface area (Å²) in [6.07, 6.45) is 4.76. The maximum atomic E-state index is 5.60. The highest BCUT2D eigenvalue weighted by atomic mass is 32.1. The van der Waals surface area contributed by atoms with Gasteiger partial charge in [-0.3, -0.25) is 0 Å². The third-order valence-corrected chi connectivity index (χ3v) is 3.91. The number of nitrogens with one attached hydrogen (secondary N) is 1. The normalized spacial score (nSPS) is 10.8. The van der Waals surface area contributed by atoms with E-state index in [-0.39, 0.29) is 0 Å². The van der Waals surface area contributed by atoms with Crippen LogP contribution >= 0.6 is 11.3 Å². The lowest BCUT2D eigenvalue weighted by Crippen LogP contribution is -1.96. The second-order valence-corrected chi connectivity index (χ2v) is 5.37. The third kappa shape index (κ3) is 2.75. The summed E-state index contributed by atoms with van der Waals surface area (Å²) in [5.74, 6) is 0. The van der Waals surface area contributed by atoms with E-state index in [1.165, 1.54) is 5.56 Å². The van der Waals surface area contributed by atoms with Crippen molar-refractivity contribution in [2.24, 2.45) is 5.73 Å². The highest BCUT2D eigenvalue weighted by Crippen LogP contribution is 2.23. The van der Waals surface area contributed by atoms with E-state index in [2.05, 4.69) is 39.6 Å². The SMILES string of the molecule is NCc1ccc(Cc2nc(-c3cc[nH]c3)cs2)cc1. The number of H-pyrrole nitrogens is 1. The second-order valence-electron chi connectivity index (χ2n) is 4.42. The van der Waals surface area contributed by atoms with Crippen LogP contribution in [0.25, 0.3) is 11.3 Å². The third-order valence-electron chi connectivity index (χ3n) is 3.06. The highest BCUT2D eigenvalue weighted by Gasteiger charge is 2.05. The van der Waals surface area contributed by atoms with Crippen LogP contribution in [0, 0.1) is 0 Å². The van der Waals surface area contributed by atoms with Crippen molar-refractivity contribution in [2.75, 3.05) is 0 Å². The van der Waals surface area contributed by atoms with Crippen molar-refractivity contribution >= 4 is 11.3 Å². The van der Waals surface area contributed by atoms with Crippen molar-refractivity contribution in [3.8, 4) is 11.3 Å². The molecule has 0 unspecified atom stereocenters. The van der Waals surface area contributed by atoms with Crippen molar-refractivity contribution in [2.45, 2.75) is 13.0 Å². The van der Waals surface area contributed by atoms with E-state index < -0.39 is 0 Å². The van der Waals surface area contributed by atoms with Crippen LogP contribution in [-0.2, 0) is 13.0 Å². The molecular formula is C15H15N3S. The summed E-state index contributed by atoms with van der Waals surface area (Å²) in [5, 5.41) is 3.24. The molecule has 0 saturated heterocycles. The lowest BCUT2D eigenvalue weighted by molar-refractivity contribution is 1.06. The van der Waals surface area contributed by atoms with E-state index in [9.17, 15) is 0 Å². The van der Waals surface area contributed by atoms with Gasteiger partial charge in [-0.2, -0.15) is 0 Å². The van der Waals surface area contributed by atoms with E-state index in [1.807, 2.05) is 18.5 Å². The average molecular weight is 269 g/mol. The van der Waals surface area contributed by atoms with E-state index in [1.54, 1.807) is 11.3 Å². The molecule has 0 fully saturated rings. The molecule has 0 radical (unpaired) electrons. The van der Waals surface area contributed by atoms with Crippen LogP contribution in [0.4, 0.5) is 0 Å². The van der Waals surface area contributed by atoms with Crippen molar-refractivity contribution in [1.82, 2.24) is 9.97 Å². The van der Waals surface area contributed by atoms with E-state index in [0.29, 0.717) is 6.54 Å². The molecular weight excluding hydrogens is 254 g/mol. The Morgan fingerprint density at radius 2 is 1.89 bits per heavy atom. The van der Waals surface area contributed by atoms with E-state index in [4.69, 9.17) is 5.73 Å². The molecule has 0 aliphatic heterocycles. The topological polar surface area (TPSA) is 54.7 Å². The summed E-state index contributed by atoms with van der Waals surface area (Å²) in [6.45, 7) is 0.592. The lowest BCUT2D eigenvalue weighted by Gasteiger charge is -2.00. The van der Waals surface area contributed by atoms with Crippen LogP contribution in [0.3, 0.4) is 0 Å². The van der Waals surface area contributed by atoms with E-state index >= 15 is 0 Å². The van der Waals surface area contributed by atoms with Gasteiger partial charge in [0.15, 0.2) is 0 Å². The number of hydrogen-bond acceptors (Lipinski definition) is 3. The predicted octanol–water partition coefficient (Wildman–Crippen LogP) is 3.19. The molecule has 0 aliphatic carbocycles. The first kappa shape index (κ1) is 12.1. The minimum absolute atomic E-state index is 0.592. The number of nitrogens with two attached hydrogens (primary N) is 1. The number of aromatic amines is 1. The van der Waals surface area contributed by atoms with Crippen molar-refractivity contribution in [3.63, 3.8) is 0 Å². The van der Waals surface area contributed by atoms with Gasteiger partial charge < -0.3 is 10.7 Å². The van der Waals surface area contributed by atoms with Crippen LogP contribution in [-0.4, -0.2) is 9.97 Å². The highest BCUT2D eigenvalue weighted by molar-refractivity contribution is 7.10. The molecule has 2 aromatic heterocycles. The van der Waals surface area contributed by atoms with Crippen LogP contribution in [0.1, 0.15) is 16.1 Å². The summed E-state index contributed by atoms with van der Waals surface area (Å²) in [7, 11) is 0. The number of aromatic nitrogens is 2. The summed E-state index contributed by atoms with van der Waals surface area (Å²) < 4.78 is 0. The van der Waals surface area contributed by atoms with Gasteiger partial charge in [-0.25, -0.2) is 4.98 Å². The fourth-order valence-corrected chi connectivity index (χ4v) is 2.81. The molecule has 0 atom stereocenters. The Hall–Kier alpha value is -1.91. The molecule has 3 N–H and O–H groups in total. The van der Waals surface area contributed by atoms with Gasteiger partial charge in [-0.15, -0.1) is 11.3 Å².